The van der Waals surface area contributed by atoms with E-state index in [1.807, 2.05) is 18.2 Å². The Labute approximate surface area is 183 Å². The van der Waals surface area contributed by atoms with Crippen LogP contribution in [0.15, 0.2) is 72.8 Å². The van der Waals surface area contributed by atoms with Crippen LogP contribution in [0.3, 0.4) is 0 Å². The third kappa shape index (κ3) is 4.54. The second-order valence-corrected chi connectivity index (χ2v) is 8.22. The van der Waals surface area contributed by atoms with Crippen molar-refractivity contribution in [1.82, 2.24) is 19.8 Å². The average molecular weight is 413 g/mol. The maximum absolute atomic E-state index is 9.08. The van der Waals surface area contributed by atoms with E-state index in [0.29, 0.717) is 0 Å². The Hall–Kier alpha value is -2.99. The van der Waals surface area contributed by atoms with Crippen LogP contribution in [0.2, 0.25) is 0 Å². The number of piperazine rings is 1. The highest BCUT2D eigenvalue weighted by Gasteiger charge is 2.16. The van der Waals surface area contributed by atoms with Crippen molar-refractivity contribution in [2.45, 2.75) is 6.54 Å². The van der Waals surface area contributed by atoms with Crippen molar-refractivity contribution in [3.8, 4) is 22.5 Å². The highest BCUT2D eigenvalue weighted by molar-refractivity contribution is 5.79. The largest absolute Gasteiger partial charge is 0.395 e. The molecule has 1 aliphatic heterocycles. The molecule has 0 amide bonds. The molecule has 5 heteroatoms. The van der Waals surface area contributed by atoms with Crippen LogP contribution in [0.1, 0.15) is 5.56 Å². The van der Waals surface area contributed by atoms with E-state index in [4.69, 9.17) is 10.1 Å². The molecule has 5 nitrogen and oxygen atoms in total. The molecule has 1 fully saturated rings. The quantitative estimate of drug-likeness (QED) is 0.503. The van der Waals surface area contributed by atoms with E-state index in [0.717, 1.165) is 61.7 Å². The molecule has 31 heavy (non-hydrogen) atoms. The SMILES string of the molecule is OCCN1CCN(Cc2ccc(-c3ccc(-c4nc5ccccc5[nH]4)cc3)cc2)CC1. The summed E-state index contributed by atoms with van der Waals surface area (Å²) in [5.74, 6) is 0.905. The highest BCUT2D eigenvalue weighted by Crippen LogP contribution is 2.25. The van der Waals surface area contributed by atoms with Crippen LogP contribution in [0.5, 0.6) is 0 Å². The van der Waals surface area contributed by atoms with Gasteiger partial charge in [-0.15, -0.1) is 0 Å². The first kappa shape index (κ1) is 19.9. The van der Waals surface area contributed by atoms with Gasteiger partial charge in [-0.1, -0.05) is 60.7 Å². The van der Waals surface area contributed by atoms with Crippen LogP contribution in [0.25, 0.3) is 33.5 Å². The molecule has 0 aliphatic carbocycles. The summed E-state index contributed by atoms with van der Waals surface area (Å²) in [7, 11) is 0. The number of imidazole rings is 1. The molecule has 1 aliphatic rings. The first-order valence-corrected chi connectivity index (χ1v) is 11.0. The van der Waals surface area contributed by atoms with Gasteiger partial charge in [0, 0.05) is 44.8 Å². The molecule has 0 saturated carbocycles. The summed E-state index contributed by atoms with van der Waals surface area (Å²) in [6.07, 6.45) is 0. The Morgan fingerprint density at radius 2 is 1.35 bits per heavy atom. The maximum Gasteiger partial charge on any atom is 0.138 e. The Bertz CT molecular complexity index is 1090. The van der Waals surface area contributed by atoms with E-state index in [1.54, 1.807) is 0 Å². The number of benzene rings is 3. The number of H-pyrrole nitrogens is 1. The Morgan fingerprint density at radius 3 is 2.03 bits per heavy atom. The van der Waals surface area contributed by atoms with Gasteiger partial charge < -0.3 is 10.1 Å². The van der Waals surface area contributed by atoms with Crippen molar-refractivity contribution in [3.05, 3.63) is 78.4 Å². The van der Waals surface area contributed by atoms with Crippen LogP contribution in [-0.4, -0.2) is 64.2 Å². The van der Waals surface area contributed by atoms with E-state index in [2.05, 4.69) is 69.4 Å². The van der Waals surface area contributed by atoms with E-state index in [1.165, 1.54) is 16.7 Å². The summed E-state index contributed by atoms with van der Waals surface area (Å²) in [5.41, 5.74) is 6.94. The van der Waals surface area contributed by atoms with E-state index in [9.17, 15) is 0 Å². The van der Waals surface area contributed by atoms with Crippen molar-refractivity contribution in [2.24, 2.45) is 0 Å². The number of aliphatic hydroxyl groups is 1. The van der Waals surface area contributed by atoms with Crippen molar-refractivity contribution in [1.29, 1.82) is 0 Å². The molecular weight excluding hydrogens is 384 g/mol. The lowest BCUT2D eigenvalue weighted by Gasteiger charge is -2.34. The van der Waals surface area contributed by atoms with Gasteiger partial charge in [-0.25, -0.2) is 4.98 Å². The molecule has 0 atom stereocenters. The molecule has 158 valence electrons. The van der Waals surface area contributed by atoms with Crippen molar-refractivity contribution < 1.29 is 5.11 Å². The molecule has 4 aromatic rings. The van der Waals surface area contributed by atoms with E-state index in [-0.39, 0.29) is 6.61 Å². The number of aromatic nitrogens is 2. The molecular formula is C26H28N4O. The zero-order chi connectivity index (χ0) is 21.0. The molecule has 0 bridgehead atoms. The number of β-amino-alcohol motifs (C(OH)–C–C–N with tert-alkyl or cyclic N) is 1. The van der Waals surface area contributed by atoms with Gasteiger partial charge in [0.2, 0.25) is 0 Å². The third-order valence-electron chi connectivity index (χ3n) is 6.12. The van der Waals surface area contributed by atoms with Crippen LogP contribution in [0, 0.1) is 0 Å². The monoisotopic (exact) mass is 412 g/mol. The lowest BCUT2D eigenvalue weighted by Crippen LogP contribution is -2.46. The first-order valence-electron chi connectivity index (χ1n) is 11.0. The van der Waals surface area contributed by atoms with Crippen molar-refractivity contribution in [3.63, 3.8) is 0 Å². The van der Waals surface area contributed by atoms with Gasteiger partial charge in [0.05, 0.1) is 17.6 Å². The van der Waals surface area contributed by atoms with Crippen LogP contribution in [-0.2, 0) is 6.54 Å². The molecule has 3 aromatic carbocycles. The van der Waals surface area contributed by atoms with Gasteiger partial charge in [0.1, 0.15) is 5.82 Å². The summed E-state index contributed by atoms with van der Waals surface area (Å²) in [5, 5.41) is 9.08. The number of para-hydroxylation sites is 2. The van der Waals surface area contributed by atoms with Gasteiger partial charge >= 0.3 is 0 Å². The number of hydrogen-bond acceptors (Lipinski definition) is 4. The Balaban J connectivity index is 1.23. The zero-order valence-corrected chi connectivity index (χ0v) is 17.7. The Kier molecular flexibility index (Phi) is 5.80. The predicted molar refractivity (Wildman–Crippen MR) is 126 cm³/mol. The number of fused-ring (bicyclic) bond motifs is 1. The van der Waals surface area contributed by atoms with Gasteiger partial charge in [-0.2, -0.15) is 0 Å². The fourth-order valence-corrected chi connectivity index (χ4v) is 4.28. The summed E-state index contributed by atoms with van der Waals surface area (Å²) >= 11 is 0. The van der Waals surface area contributed by atoms with Crippen LogP contribution >= 0.6 is 0 Å². The van der Waals surface area contributed by atoms with Crippen LogP contribution < -0.4 is 0 Å². The summed E-state index contributed by atoms with van der Waals surface area (Å²) in [6.45, 7) is 6.22. The molecule has 0 radical (unpaired) electrons. The molecule has 1 saturated heterocycles. The van der Waals surface area contributed by atoms with Crippen molar-refractivity contribution >= 4 is 11.0 Å². The Morgan fingerprint density at radius 1 is 0.742 bits per heavy atom. The lowest BCUT2D eigenvalue weighted by molar-refractivity contribution is 0.108. The van der Waals surface area contributed by atoms with Gasteiger partial charge in [-0.05, 0) is 28.8 Å². The maximum atomic E-state index is 9.08. The zero-order valence-electron chi connectivity index (χ0n) is 17.7. The molecule has 2 heterocycles. The minimum Gasteiger partial charge on any atom is -0.395 e. The fourth-order valence-electron chi connectivity index (χ4n) is 4.28. The number of nitrogens with one attached hydrogen (secondary N) is 1. The average Bonchev–Trinajstić information content (AvgIpc) is 3.26. The molecule has 0 spiro atoms. The summed E-state index contributed by atoms with van der Waals surface area (Å²) in [6, 6.07) is 25.6. The smallest absolute Gasteiger partial charge is 0.138 e. The second-order valence-electron chi connectivity index (χ2n) is 8.22. The predicted octanol–water partition coefficient (Wildman–Crippen LogP) is 4.01. The molecule has 5 rings (SSSR count). The number of hydrogen-bond donors (Lipinski definition) is 2. The van der Waals surface area contributed by atoms with Gasteiger partial charge in [0.15, 0.2) is 0 Å². The first-order chi connectivity index (χ1) is 15.3. The molecule has 0 unspecified atom stereocenters. The highest BCUT2D eigenvalue weighted by atomic mass is 16.3. The lowest BCUT2D eigenvalue weighted by atomic mass is 10.0. The van der Waals surface area contributed by atoms with Crippen LogP contribution in [0.4, 0.5) is 0 Å². The number of nitrogens with zero attached hydrogens (tertiary/aromatic N) is 3. The molecule has 1 aromatic heterocycles. The second kappa shape index (κ2) is 9.02. The fraction of sp³-hybridized carbons (Fsp3) is 0.269. The topological polar surface area (TPSA) is 55.4 Å². The van der Waals surface area contributed by atoms with E-state index < -0.39 is 0 Å². The standard InChI is InChI=1S/C26H28N4O/c31-18-17-29-13-15-30(16-14-29)19-20-5-7-21(8-6-20)22-9-11-23(12-10-22)26-27-24-3-1-2-4-25(24)28-26/h1-12,31H,13-19H2,(H,27,28). The number of aliphatic hydroxyl groups excluding tert-OH is 1. The number of rotatable bonds is 6. The number of aromatic amines is 1. The van der Waals surface area contributed by atoms with Gasteiger partial charge in [0.25, 0.3) is 0 Å². The van der Waals surface area contributed by atoms with Gasteiger partial charge in [-0.3, -0.25) is 9.80 Å². The van der Waals surface area contributed by atoms with E-state index >= 15 is 0 Å². The summed E-state index contributed by atoms with van der Waals surface area (Å²) < 4.78 is 0. The molecule has 2 N–H and O–H groups in total. The summed E-state index contributed by atoms with van der Waals surface area (Å²) in [4.78, 5) is 12.9. The normalized spacial score (nSPS) is 15.5. The minimum atomic E-state index is 0.251. The minimum absolute atomic E-state index is 0.251. The third-order valence-corrected chi connectivity index (χ3v) is 6.12. The van der Waals surface area contributed by atoms with Crippen molar-refractivity contribution in [2.75, 3.05) is 39.3 Å².